The molecule has 0 spiro atoms. The van der Waals surface area contributed by atoms with E-state index in [2.05, 4.69) is 38.9 Å². The van der Waals surface area contributed by atoms with Crippen molar-refractivity contribution in [3.63, 3.8) is 0 Å². The van der Waals surface area contributed by atoms with Gasteiger partial charge >= 0.3 is 0 Å². The largest absolute Gasteiger partial charge is 0.356 e. The molecule has 5 heterocycles. The van der Waals surface area contributed by atoms with Gasteiger partial charge in [0.1, 0.15) is 17.0 Å². The van der Waals surface area contributed by atoms with Gasteiger partial charge in [-0.2, -0.15) is 0 Å². The van der Waals surface area contributed by atoms with Crippen LogP contribution in [0.2, 0.25) is 0 Å². The number of piperidine rings is 1. The van der Waals surface area contributed by atoms with E-state index >= 15 is 0 Å². The molecule has 3 fully saturated rings. The van der Waals surface area contributed by atoms with Gasteiger partial charge in [0.2, 0.25) is 5.91 Å². The lowest BCUT2D eigenvalue weighted by Gasteiger charge is -2.37. The maximum atomic E-state index is 13.3. The van der Waals surface area contributed by atoms with Crippen LogP contribution in [0.25, 0.3) is 10.2 Å². The number of anilines is 1. The summed E-state index contributed by atoms with van der Waals surface area (Å²) in [7, 11) is 0. The van der Waals surface area contributed by atoms with Crippen LogP contribution in [0.5, 0.6) is 0 Å². The molecule has 29 heavy (non-hydrogen) atoms. The number of carbonyl (C=O) groups is 1. The van der Waals surface area contributed by atoms with Crippen molar-refractivity contribution in [1.82, 2.24) is 20.2 Å². The molecule has 0 radical (unpaired) electrons. The molecule has 2 aromatic heterocycles. The number of aryl methyl sites for hydroxylation is 2. The molecule has 6 nitrogen and oxygen atoms in total. The van der Waals surface area contributed by atoms with Gasteiger partial charge in [-0.3, -0.25) is 4.79 Å². The van der Waals surface area contributed by atoms with Crippen molar-refractivity contribution in [3.05, 3.63) is 16.8 Å². The Kier molecular flexibility index (Phi) is 6.00. The number of halogens is 1. The molecule has 3 saturated heterocycles. The zero-order chi connectivity index (χ0) is 19.3. The number of nitrogens with zero attached hydrogens (tertiary/aromatic N) is 4. The molecule has 2 atom stereocenters. The van der Waals surface area contributed by atoms with E-state index in [0.29, 0.717) is 18.0 Å². The SMILES string of the molecule is Cc1sc2ncnc(N3CCC(C(=O)N4C5CCNCC4CC5)CC3)c2c1C.Cl. The van der Waals surface area contributed by atoms with Gasteiger partial charge in [0, 0.05) is 42.5 Å². The lowest BCUT2D eigenvalue weighted by molar-refractivity contribution is -0.138. The minimum absolute atomic E-state index is 0. The smallest absolute Gasteiger partial charge is 0.226 e. The van der Waals surface area contributed by atoms with Crippen molar-refractivity contribution in [2.45, 2.75) is 58.0 Å². The summed E-state index contributed by atoms with van der Waals surface area (Å²) in [6.45, 7) is 8.14. The second kappa shape index (κ2) is 8.36. The van der Waals surface area contributed by atoms with Crippen LogP contribution in [0.3, 0.4) is 0 Å². The van der Waals surface area contributed by atoms with Crippen molar-refractivity contribution in [2.75, 3.05) is 31.1 Å². The van der Waals surface area contributed by atoms with E-state index in [9.17, 15) is 4.79 Å². The van der Waals surface area contributed by atoms with Gasteiger partial charge in [-0.25, -0.2) is 9.97 Å². The molecule has 8 heteroatoms. The number of fused-ring (bicyclic) bond motifs is 3. The van der Waals surface area contributed by atoms with Gasteiger partial charge < -0.3 is 15.1 Å². The third-order valence-corrected chi connectivity index (χ3v) is 8.11. The minimum atomic E-state index is 0. The average Bonchev–Trinajstić information content (AvgIpc) is 3.15. The highest BCUT2D eigenvalue weighted by atomic mass is 35.5. The van der Waals surface area contributed by atoms with Crippen molar-refractivity contribution in [2.24, 2.45) is 5.92 Å². The molecule has 0 saturated carbocycles. The molecule has 5 rings (SSSR count). The van der Waals surface area contributed by atoms with E-state index in [1.807, 2.05) is 0 Å². The summed E-state index contributed by atoms with van der Waals surface area (Å²) in [5.74, 6) is 1.63. The molecule has 0 aliphatic carbocycles. The van der Waals surface area contributed by atoms with Crippen LogP contribution in [0.4, 0.5) is 5.82 Å². The van der Waals surface area contributed by atoms with Crippen LogP contribution in [-0.4, -0.2) is 59.0 Å². The number of hydrogen-bond acceptors (Lipinski definition) is 6. The molecule has 1 N–H and O–H groups in total. The monoisotopic (exact) mass is 435 g/mol. The van der Waals surface area contributed by atoms with E-state index in [1.165, 1.54) is 22.2 Å². The van der Waals surface area contributed by atoms with E-state index < -0.39 is 0 Å². The molecular formula is C21H30ClN5OS. The fourth-order valence-electron chi connectivity index (χ4n) is 5.29. The molecule has 0 aromatic carbocycles. The van der Waals surface area contributed by atoms with Gasteiger partial charge in [-0.05, 0) is 58.1 Å². The van der Waals surface area contributed by atoms with Crippen molar-refractivity contribution < 1.29 is 4.79 Å². The molecule has 2 bridgehead atoms. The number of amides is 1. The molecular weight excluding hydrogens is 406 g/mol. The first-order valence-electron chi connectivity index (χ1n) is 10.6. The maximum Gasteiger partial charge on any atom is 0.226 e. The first-order chi connectivity index (χ1) is 13.6. The Morgan fingerprint density at radius 1 is 1.10 bits per heavy atom. The number of thiophene rings is 1. The van der Waals surface area contributed by atoms with Crippen LogP contribution in [0, 0.1) is 19.8 Å². The van der Waals surface area contributed by atoms with Crippen LogP contribution in [0.15, 0.2) is 6.33 Å². The molecule has 2 aromatic rings. The standard InChI is InChI=1S/C21H29N5OS.ClH/c1-13-14(2)28-20-18(13)19(23-12-24-20)25-9-6-15(7-10-25)21(27)26-16-3-4-17(26)11-22-8-5-16;/h12,15-17,22H,3-11H2,1-2H3;1H. The first-order valence-corrected chi connectivity index (χ1v) is 11.4. The van der Waals surface area contributed by atoms with Crippen molar-refractivity contribution in [3.8, 4) is 0 Å². The fourth-order valence-corrected chi connectivity index (χ4v) is 6.29. The maximum absolute atomic E-state index is 13.3. The van der Waals surface area contributed by atoms with Crippen LogP contribution < -0.4 is 10.2 Å². The highest BCUT2D eigenvalue weighted by Crippen LogP contribution is 2.37. The normalized spacial score (nSPS) is 25.2. The Hall–Kier alpha value is -1.44. The van der Waals surface area contributed by atoms with Crippen LogP contribution in [0.1, 0.15) is 42.5 Å². The van der Waals surface area contributed by atoms with Gasteiger partial charge in [0.15, 0.2) is 0 Å². The molecule has 1 amide bonds. The van der Waals surface area contributed by atoms with Gasteiger partial charge in [-0.1, -0.05) is 0 Å². The zero-order valence-electron chi connectivity index (χ0n) is 17.2. The number of nitrogens with one attached hydrogen (secondary N) is 1. The summed E-state index contributed by atoms with van der Waals surface area (Å²) in [5.41, 5.74) is 1.29. The first kappa shape index (κ1) is 20.8. The molecule has 2 unspecified atom stereocenters. The Morgan fingerprint density at radius 3 is 2.66 bits per heavy atom. The Morgan fingerprint density at radius 2 is 1.86 bits per heavy atom. The highest BCUT2D eigenvalue weighted by molar-refractivity contribution is 7.18. The average molecular weight is 436 g/mol. The van der Waals surface area contributed by atoms with Crippen molar-refractivity contribution >= 4 is 45.7 Å². The van der Waals surface area contributed by atoms with E-state index in [4.69, 9.17) is 0 Å². The molecule has 158 valence electrons. The summed E-state index contributed by atoms with van der Waals surface area (Å²) < 4.78 is 0. The zero-order valence-corrected chi connectivity index (χ0v) is 18.8. The van der Waals surface area contributed by atoms with Gasteiger partial charge in [0.25, 0.3) is 0 Å². The third-order valence-electron chi connectivity index (χ3n) is 7.00. The summed E-state index contributed by atoms with van der Waals surface area (Å²) in [4.78, 5) is 29.4. The number of carbonyl (C=O) groups excluding carboxylic acids is 1. The molecule has 3 aliphatic heterocycles. The fraction of sp³-hybridized carbons (Fsp3) is 0.667. The van der Waals surface area contributed by atoms with E-state index in [1.54, 1.807) is 17.7 Å². The van der Waals surface area contributed by atoms with Gasteiger partial charge in [0.05, 0.1) is 5.39 Å². The minimum Gasteiger partial charge on any atom is -0.356 e. The second-order valence-electron chi connectivity index (χ2n) is 8.55. The van der Waals surface area contributed by atoms with E-state index in [0.717, 1.165) is 62.5 Å². The number of hydrogen-bond donors (Lipinski definition) is 1. The summed E-state index contributed by atoms with van der Waals surface area (Å²) in [5, 5.41) is 4.70. The predicted molar refractivity (Wildman–Crippen MR) is 120 cm³/mol. The summed E-state index contributed by atoms with van der Waals surface area (Å²) in [6.07, 6.45) is 7.00. The predicted octanol–water partition coefficient (Wildman–Crippen LogP) is 3.30. The second-order valence-corrected chi connectivity index (χ2v) is 9.75. The Bertz CT molecular complexity index is 881. The topological polar surface area (TPSA) is 61.4 Å². The number of rotatable bonds is 2. The summed E-state index contributed by atoms with van der Waals surface area (Å²) >= 11 is 1.75. The lowest BCUT2D eigenvalue weighted by atomic mass is 9.94. The lowest BCUT2D eigenvalue weighted by Crippen LogP contribution is -2.48. The van der Waals surface area contributed by atoms with Gasteiger partial charge in [-0.15, -0.1) is 23.7 Å². The Labute approximate surface area is 182 Å². The third kappa shape index (κ3) is 3.62. The van der Waals surface area contributed by atoms with E-state index in [-0.39, 0.29) is 18.3 Å². The number of aromatic nitrogens is 2. The molecule has 3 aliphatic rings. The van der Waals surface area contributed by atoms with Crippen molar-refractivity contribution in [1.29, 1.82) is 0 Å². The summed E-state index contributed by atoms with van der Waals surface area (Å²) in [6, 6.07) is 0.874. The highest BCUT2D eigenvalue weighted by Gasteiger charge is 2.41. The quantitative estimate of drug-likeness (QED) is 0.784. The van der Waals surface area contributed by atoms with Crippen LogP contribution in [-0.2, 0) is 4.79 Å². The van der Waals surface area contributed by atoms with Crippen LogP contribution >= 0.6 is 23.7 Å². The Balaban J connectivity index is 0.00000205.